The lowest BCUT2D eigenvalue weighted by Crippen LogP contribution is -2.16. The Morgan fingerprint density at radius 1 is 1.44 bits per heavy atom. The van der Waals surface area contributed by atoms with Gasteiger partial charge in [0.1, 0.15) is 0 Å². The summed E-state index contributed by atoms with van der Waals surface area (Å²) in [6.45, 7) is 2.31. The summed E-state index contributed by atoms with van der Waals surface area (Å²) in [5.74, 6) is 0.474. The van der Waals surface area contributed by atoms with E-state index in [-0.39, 0.29) is 4.90 Å². The fourth-order valence-corrected chi connectivity index (χ4v) is 2.43. The molecule has 0 radical (unpaired) electrons. The van der Waals surface area contributed by atoms with Gasteiger partial charge in [0.2, 0.25) is 10.0 Å². The minimum absolute atomic E-state index is 0.0229. The molecule has 5 N–H and O–H groups in total. The molecule has 0 bridgehead atoms. The summed E-state index contributed by atoms with van der Waals surface area (Å²) in [4.78, 5) is 0.0229. The fourth-order valence-electron chi connectivity index (χ4n) is 1.88. The lowest BCUT2D eigenvalue weighted by molar-refractivity contribution is 0.187. The fraction of sp³-hybridized carbons (Fsp3) is 0.455. The van der Waals surface area contributed by atoms with Crippen molar-refractivity contribution in [1.82, 2.24) is 0 Å². The lowest BCUT2D eigenvalue weighted by Gasteiger charge is -2.13. The summed E-state index contributed by atoms with van der Waals surface area (Å²) >= 11 is 0. The molecule has 1 aromatic carbocycles. The number of primary sulfonamides is 1. The minimum atomic E-state index is -3.70. The van der Waals surface area contributed by atoms with Crippen LogP contribution in [-0.2, 0) is 14.8 Å². The van der Waals surface area contributed by atoms with Crippen LogP contribution in [0.15, 0.2) is 23.1 Å². The topological polar surface area (TPSA) is 107 Å². The zero-order chi connectivity index (χ0) is 13.2. The molecule has 0 spiro atoms. The van der Waals surface area contributed by atoms with Crippen molar-refractivity contribution in [3.63, 3.8) is 0 Å². The van der Waals surface area contributed by atoms with Crippen molar-refractivity contribution in [1.29, 1.82) is 0 Å². The number of nitrogen functional groups attached to an aromatic ring is 1. The van der Waals surface area contributed by atoms with Crippen LogP contribution in [0, 0.1) is 5.92 Å². The van der Waals surface area contributed by atoms with Crippen LogP contribution in [0.25, 0.3) is 0 Å². The van der Waals surface area contributed by atoms with E-state index in [0.29, 0.717) is 17.3 Å². The molecule has 1 fully saturated rings. The van der Waals surface area contributed by atoms with Gasteiger partial charge >= 0.3 is 0 Å². The first kappa shape index (κ1) is 13.1. The Morgan fingerprint density at radius 2 is 2.22 bits per heavy atom. The van der Waals surface area contributed by atoms with Crippen LogP contribution >= 0.6 is 0 Å². The van der Waals surface area contributed by atoms with Crippen molar-refractivity contribution in [2.45, 2.75) is 11.3 Å². The van der Waals surface area contributed by atoms with E-state index in [0.717, 1.165) is 26.2 Å². The molecule has 1 heterocycles. The van der Waals surface area contributed by atoms with Crippen LogP contribution in [0.2, 0.25) is 0 Å². The second-order valence-electron chi connectivity index (χ2n) is 4.40. The van der Waals surface area contributed by atoms with Crippen molar-refractivity contribution >= 4 is 21.4 Å². The lowest BCUT2D eigenvalue weighted by atomic mass is 10.1. The average molecular weight is 271 g/mol. The molecule has 0 aromatic heterocycles. The molecule has 0 saturated carbocycles. The maximum Gasteiger partial charge on any atom is 0.238 e. The van der Waals surface area contributed by atoms with Gasteiger partial charge in [-0.3, -0.25) is 0 Å². The molecule has 2 rings (SSSR count). The molecule has 100 valence electrons. The zero-order valence-corrected chi connectivity index (χ0v) is 10.7. The number of rotatable bonds is 4. The highest BCUT2D eigenvalue weighted by atomic mass is 32.2. The van der Waals surface area contributed by atoms with Gasteiger partial charge in [-0.25, -0.2) is 13.6 Å². The third kappa shape index (κ3) is 3.12. The highest BCUT2D eigenvalue weighted by Crippen LogP contribution is 2.23. The molecule has 1 aliphatic rings. The van der Waals surface area contributed by atoms with Crippen LogP contribution in [-0.4, -0.2) is 28.2 Å². The Morgan fingerprint density at radius 3 is 2.78 bits per heavy atom. The van der Waals surface area contributed by atoms with Crippen LogP contribution in [0.3, 0.4) is 0 Å². The van der Waals surface area contributed by atoms with Gasteiger partial charge in [-0.2, -0.15) is 0 Å². The average Bonchev–Trinajstić information content (AvgIpc) is 2.79. The van der Waals surface area contributed by atoms with E-state index < -0.39 is 10.0 Å². The van der Waals surface area contributed by atoms with Gasteiger partial charge in [0.25, 0.3) is 0 Å². The highest BCUT2D eigenvalue weighted by molar-refractivity contribution is 7.89. The second-order valence-corrected chi connectivity index (χ2v) is 5.97. The first-order valence-electron chi connectivity index (χ1n) is 5.71. The quantitative estimate of drug-likeness (QED) is 0.685. The molecule has 1 aliphatic heterocycles. The number of benzene rings is 1. The molecule has 7 heteroatoms. The van der Waals surface area contributed by atoms with Crippen LogP contribution in [0.1, 0.15) is 6.42 Å². The number of hydrogen-bond acceptors (Lipinski definition) is 5. The molecule has 0 aliphatic carbocycles. The maximum atomic E-state index is 11.1. The summed E-state index contributed by atoms with van der Waals surface area (Å²) < 4.78 is 27.6. The Kier molecular flexibility index (Phi) is 3.74. The standard InChI is InChI=1S/C11H17N3O3S/c12-10-5-9(18(13,15)16)1-2-11(10)14-6-8-3-4-17-7-8/h1-2,5,8,14H,3-4,6-7,12H2,(H2,13,15,16). The molecule has 1 saturated heterocycles. The third-order valence-corrected chi connectivity index (χ3v) is 3.87. The molecule has 1 unspecified atom stereocenters. The summed E-state index contributed by atoms with van der Waals surface area (Å²) in [7, 11) is -3.70. The van der Waals surface area contributed by atoms with Crippen LogP contribution in [0.5, 0.6) is 0 Å². The minimum Gasteiger partial charge on any atom is -0.397 e. The maximum absolute atomic E-state index is 11.1. The van der Waals surface area contributed by atoms with Gasteiger partial charge in [-0.1, -0.05) is 0 Å². The van der Waals surface area contributed by atoms with E-state index >= 15 is 0 Å². The number of sulfonamides is 1. The SMILES string of the molecule is Nc1cc(S(N)(=O)=O)ccc1NCC1CCOC1. The molecule has 1 aromatic rings. The smallest absolute Gasteiger partial charge is 0.238 e. The first-order chi connectivity index (χ1) is 8.47. The largest absolute Gasteiger partial charge is 0.397 e. The van der Waals surface area contributed by atoms with Gasteiger partial charge in [-0.05, 0) is 24.6 Å². The number of nitrogens with one attached hydrogen (secondary N) is 1. The van der Waals surface area contributed by atoms with Gasteiger partial charge in [0.05, 0.1) is 22.9 Å². The first-order valence-corrected chi connectivity index (χ1v) is 7.25. The van der Waals surface area contributed by atoms with Gasteiger partial charge < -0.3 is 15.8 Å². The molecular formula is C11H17N3O3S. The normalized spacial score (nSPS) is 19.9. The zero-order valence-electron chi connectivity index (χ0n) is 9.93. The van der Waals surface area contributed by atoms with Gasteiger partial charge in [0, 0.05) is 19.1 Å². The predicted molar refractivity (Wildman–Crippen MR) is 69.6 cm³/mol. The Bertz CT molecular complexity index is 524. The number of anilines is 2. The van der Waals surface area contributed by atoms with Crippen molar-refractivity contribution in [2.75, 3.05) is 30.8 Å². The third-order valence-electron chi connectivity index (χ3n) is 2.96. The second kappa shape index (κ2) is 5.13. The van der Waals surface area contributed by atoms with Gasteiger partial charge in [-0.15, -0.1) is 0 Å². The van der Waals surface area contributed by atoms with E-state index in [9.17, 15) is 8.42 Å². The molecule has 18 heavy (non-hydrogen) atoms. The Hall–Kier alpha value is -1.31. The van der Waals surface area contributed by atoms with E-state index in [1.165, 1.54) is 12.1 Å². The summed E-state index contributed by atoms with van der Waals surface area (Å²) in [6.07, 6.45) is 1.03. The summed E-state index contributed by atoms with van der Waals surface area (Å²) in [5, 5.41) is 8.22. The Balaban J connectivity index is 2.05. The van der Waals surface area contributed by atoms with E-state index in [2.05, 4.69) is 5.32 Å². The van der Waals surface area contributed by atoms with Crippen molar-refractivity contribution in [2.24, 2.45) is 11.1 Å². The molecule has 6 nitrogen and oxygen atoms in total. The monoisotopic (exact) mass is 271 g/mol. The van der Waals surface area contributed by atoms with Crippen LogP contribution in [0.4, 0.5) is 11.4 Å². The Labute approximate surface area is 106 Å². The summed E-state index contributed by atoms with van der Waals surface area (Å²) in [5.41, 5.74) is 6.88. The van der Waals surface area contributed by atoms with Crippen molar-refractivity contribution in [3.05, 3.63) is 18.2 Å². The summed E-state index contributed by atoms with van der Waals surface area (Å²) in [6, 6.07) is 4.44. The number of ether oxygens (including phenoxy) is 1. The molecular weight excluding hydrogens is 254 g/mol. The van der Waals surface area contributed by atoms with Crippen molar-refractivity contribution in [3.8, 4) is 0 Å². The van der Waals surface area contributed by atoms with E-state index in [1.807, 2.05) is 0 Å². The molecule has 1 atom stereocenters. The van der Waals surface area contributed by atoms with E-state index in [1.54, 1.807) is 6.07 Å². The predicted octanol–water partition coefficient (Wildman–Crippen LogP) is 0.365. The van der Waals surface area contributed by atoms with Gasteiger partial charge in [0.15, 0.2) is 0 Å². The molecule has 0 amide bonds. The number of nitrogens with two attached hydrogens (primary N) is 2. The van der Waals surface area contributed by atoms with Crippen molar-refractivity contribution < 1.29 is 13.2 Å². The highest BCUT2D eigenvalue weighted by Gasteiger charge is 2.16. The van der Waals surface area contributed by atoms with E-state index in [4.69, 9.17) is 15.6 Å². The number of hydrogen-bond donors (Lipinski definition) is 3. The van der Waals surface area contributed by atoms with Crippen LogP contribution < -0.4 is 16.2 Å².